The molecule has 0 radical (unpaired) electrons. The van der Waals surface area contributed by atoms with E-state index in [-0.39, 0.29) is 35.7 Å². The fourth-order valence-corrected chi connectivity index (χ4v) is 11.3. The van der Waals surface area contributed by atoms with Gasteiger partial charge in [0.1, 0.15) is 23.7 Å². The third-order valence-electron chi connectivity index (χ3n) is 11.5. The molecular formula is C43H54N8O6Si. The third kappa shape index (κ3) is 8.17. The number of nitrogens with zero attached hydrogens (tertiary/aromatic N) is 4. The largest absolute Gasteiger partial charge is 0.453 e. The smallest absolute Gasteiger partial charge is 0.407 e. The van der Waals surface area contributed by atoms with Gasteiger partial charge in [-0.3, -0.25) is 9.59 Å². The first-order chi connectivity index (χ1) is 27.7. The molecule has 58 heavy (non-hydrogen) atoms. The number of carbonyl (C=O) groups is 4. The van der Waals surface area contributed by atoms with Crippen molar-refractivity contribution in [1.29, 1.82) is 0 Å². The van der Waals surface area contributed by atoms with Crippen molar-refractivity contribution in [3.8, 4) is 22.3 Å². The van der Waals surface area contributed by atoms with Crippen molar-refractivity contribution in [3.63, 3.8) is 0 Å². The van der Waals surface area contributed by atoms with Gasteiger partial charge in [0.15, 0.2) is 0 Å². The first-order valence-corrected chi connectivity index (χ1v) is 23.5. The number of methoxy groups -OCH3 is 2. The molecule has 2 aliphatic heterocycles. The van der Waals surface area contributed by atoms with Gasteiger partial charge in [0.2, 0.25) is 11.8 Å². The molecule has 0 saturated carbocycles. The molecule has 0 unspecified atom stereocenters. The van der Waals surface area contributed by atoms with Crippen LogP contribution in [0.15, 0.2) is 60.7 Å². The average Bonchev–Trinajstić information content (AvgIpc) is 4.01. The van der Waals surface area contributed by atoms with Crippen molar-refractivity contribution in [2.24, 2.45) is 11.8 Å². The molecule has 3 aromatic carbocycles. The molecule has 5 aromatic rings. The Morgan fingerprint density at radius 3 is 1.60 bits per heavy atom. The lowest BCUT2D eigenvalue weighted by Crippen LogP contribution is -2.52. The van der Waals surface area contributed by atoms with E-state index >= 15 is 0 Å². The molecule has 2 fully saturated rings. The summed E-state index contributed by atoms with van der Waals surface area (Å²) in [6.07, 6.45) is 1.07. The Bertz CT molecular complexity index is 2340. The van der Waals surface area contributed by atoms with E-state index in [1.165, 1.54) is 14.2 Å². The number of H-pyrrole nitrogens is 2. The summed E-state index contributed by atoms with van der Waals surface area (Å²) >= 11 is 0. The van der Waals surface area contributed by atoms with Gasteiger partial charge >= 0.3 is 12.2 Å². The number of benzene rings is 3. The number of rotatable bonds is 10. The van der Waals surface area contributed by atoms with Crippen molar-refractivity contribution in [3.05, 3.63) is 72.3 Å². The number of amides is 4. The number of aromatic amines is 2. The first-order valence-electron chi connectivity index (χ1n) is 20.1. The van der Waals surface area contributed by atoms with Crippen LogP contribution in [0.25, 0.3) is 44.3 Å². The monoisotopic (exact) mass is 806 g/mol. The average molecular weight is 807 g/mol. The summed E-state index contributed by atoms with van der Waals surface area (Å²) in [6, 6.07) is 19.8. The van der Waals surface area contributed by atoms with Gasteiger partial charge < -0.3 is 39.9 Å². The highest BCUT2D eigenvalue weighted by molar-refractivity contribution is 6.78. The Balaban J connectivity index is 1.08. The molecule has 4 heterocycles. The SMILES string of the molecule is COC(=O)N[C@H](C(=O)N1CCC[C@H]1c1nc2ccc(-c3ccc(-c4ccc5nc([C@@H]6C[Si](C)(C)CN6C(=O)[C@@H](NC(=O)OC)C(C)C)[nH]c5c4)cc3)cc2[nH]1)C(C)C. The predicted octanol–water partition coefficient (Wildman–Crippen LogP) is 7.33. The zero-order valence-corrected chi connectivity index (χ0v) is 35.5. The standard InChI is InChI=1S/C43H54N8O6Si/c1-24(2)36(48-42(54)56-5)40(52)50-19-9-10-34(50)38-44-30-17-15-28(20-32(30)46-38)26-11-13-27(14-12-26)29-16-18-31-33(21-29)47-39(45-31)35-22-58(7,8)23-51(35)41(53)37(25(3)4)49-43(55)57-6/h11-18,20-21,24-25,34-37H,9-10,19,22-23H2,1-8H3,(H,44,46)(H,45,47)(H,48,54)(H,49,55)/t34-,35-,36-,37-/m0/s1. The molecule has 0 bridgehead atoms. The maximum atomic E-state index is 13.9. The van der Waals surface area contributed by atoms with Crippen LogP contribution in [0.2, 0.25) is 19.1 Å². The highest BCUT2D eigenvalue weighted by Crippen LogP contribution is 2.39. The molecule has 4 atom stereocenters. The van der Waals surface area contributed by atoms with E-state index in [0.717, 1.165) is 74.9 Å². The highest BCUT2D eigenvalue weighted by atomic mass is 28.3. The van der Waals surface area contributed by atoms with Gasteiger partial charge in [0.05, 0.1) is 56.4 Å². The van der Waals surface area contributed by atoms with E-state index in [2.05, 4.69) is 82.2 Å². The molecule has 2 saturated heterocycles. The zero-order chi connectivity index (χ0) is 41.5. The van der Waals surface area contributed by atoms with Crippen molar-refractivity contribution >= 4 is 54.1 Å². The van der Waals surface area contributed by atoms with Gasteiger partial charge in [0.25, 0.3) is 0 Å². The molecule has 14 nitrogen and oxygen atoms in total. The second-order valence-electron chi connectivity index (χ2n) is 17.0. The summed E-state index contributed by atoms with van der Waals surface area (Å²) < 4.78 is 9.60. The Kier molecular flexibility index (Phi) is 11.4. The maximum absolute atomic E-state index is 13.9. The minimum absolute atomic E-state index is 0.109. The zero-order valence-electron chi connectivity index (χ0n) is 34.5. The highest BCUT2D eigenvalue weighted by Gasteiger charge is 2.46. The van der Waals surface area contributed by atoms with Gasteiger partial charge in [-0.1, -0.05) is 77.2 Å². The van der Waals surface area contributed by atoms with Crippen LogP contribution < -0.4 is 10.6 Å². The lowest BCUT2D eigenvalue weighted by molar-refractivity contribution is -0.136. The van der Waals surface area contributed by atoms with Crippen molar-refractivity contribution < 1.29 is 28.7 Å². The number of ether oxygens (including phenoxy) is 2. The third-order valence-corrected chi connectivity index (χ3v) is 14.2. The lowest BCUT2D eigenvalue weighted by Gasteiger charge is -2.30. The summed E-state index contributed by atoms with van der Waals surface area (Å²) in [5.74, 6) is 1.02. The van der Waals surface area contributed by atoms with Gasteiger partial charge in [-0.05, 0) is 77.2 Å². The van der Waals surface area contributed by atoms with E-state index in [9.17, 15) is 19.2 Å². The van der Waals surface area contributed by atoms with E-state index in [1.54, 1.807) is 0 Å². The predicted molar refractivity (Wildman–Crippen MR) is 225 cm³/mol. The lowest BCUT2D eigenvalue weighted by atomic mass is 10.00. The van der Waals surface area contributed by atoms with Gasteiger partial charge in [-0.25, -0.2) is 19.6 Å². The topological polar surface area (TPSA) is 175 Å². The molecule has 0 aliphatic carbocycles. The number of carbonyl (C=O) groups excluding carboxylic acids is 4. The van der Waals surface area contributed by atoms with E-state index in [1.807, 2.05) is 49.6 Å². The summed E-state index contributed by atoms with van der Waals surface area (Å²) in [5, 5.41) is 5.46. The number of hydrogen-bond acceptors (Lipinski definition) is 8. The normalized spacial score (nSPS) is 18.9. The molecule has 7 rings (SSSR count). The fraction of sp³-hybridized carbons (Fsp3) is 0.442. The second-order valence-corrected chi connectivity index (χ2v) is 22.1. The van der Waals surface area contributed by atoms with Crippen LogP contribution in [0.3, 0.4) is 0 Å². The van der Waals surface area contributed by atoms with E-state index < -0.39 is 32.3 Å². The van der Waals surface area contributed by atoms with Crippen molar-refractivity contribution in [2.75, 3.05) is 26.9 Å². The Morgan fingerprint density at radius 1 is 0.690 bits per heavy atom. The van der Waals surface area contributed by atoms with Crippen molar-refractivity contribution in [1.82, 2.24) is 40.4 Å². The van der Waals surface area contributed by atoms with Gasteiger partial charge in [0, 0.05) is 12.7 Å². The Labute approximate surface area is 339 Å². The molecule has 2 aliphatic rings. The van der Waals surface area contributed by atoms with Crippen LogP contribution in [0.4, 0.5) is 9.59 Å². The Hall–Kier alpha value is -5.70. The molecule has 2 aromatic heterocycles. The second kappa shape index (κ2) is 16.3. The quantitative estimate of drug-likeness (QED) is 0.106. The Morgan fingerprint density at radius 2 is 1.14 bits per heavy atom. The number of alkyl carbamates (subject to hydrolysis) is 2. The molecular weight excluding hydrogens is 753 g/mol. The number of nitrogens with one attached hydrogen (secondary N) is 4. The van der Waals surface area contributed by atoms with Crippen LogP contribution in [0, 0.1) is 11.8 Å². The van der Waals surface area contributed by atoms with Crippen LogP contribution >= 0.6 is 0 Å². The summed E-state index contributed by atoms with van der Waals surface area (Å²) in [4.78, 5) is 72.3. The number of likely N-dealkylation sites (tertiary alicyclic amines) is 1. The van der Waals surface area contributed by atoms with Crippen LogP contribution in [0.1, 0.15) is 64.3 Å². The minimum atomic E-state index is -1.76. The fourth-order valence-electron chi connectivity index (χ4n) is 8.40. The molecule has 306 valence electrons. The molecule has 4 amide bonds. The van der Waals surface area contributed by atoms with E-state index in [0.29, 0.717) is 12.7 Å². The number of imidazole rings is 2. The van der Waals surface area contributed by atoms with Crippen LogP contribution in [-0.4, -0.2) is 101 Å². The number of fused-ring (bicyclic) bond motifs is 2. The van der Waals surface area contributed by atoms with Gasteiger partial charge in [-0.2, -0.15) is 0 Å². The molecule has 0 spiro atoms. The number of aromatic nitrogens is 4. The number of hydrogen-bond donors (Lipinski definition) is 4. The summed E-state index contributed by atoms with van der Waals surface area (Å²) in [6.45, 7) is 12.8. The maximum Gasteiger partial charge on any atom is 0.407 e. The molecule has 15 heteroatoms. The van der Waals surface area contributed by atoms with E-state index in [4.69, 9.17) is 19.4 Å². The van der Waals surface area contributed by atoms with Crippen molar-refractivity contribution in [2.45, 2.75) is 83.8 Å². The summed E-state index contributed by atoms with van der Waals surface area (Å²) in [5.41, 5.74) is 7.62. The summed E-state index contributed by atoms with van der Waals surface area (Å²) in [7, 11) is 0.834. The van der Waals surface area contributed by atoms with Crippen LogP contribution in [-0.2, 0) is 19.1 Å². The van der Waals surface area contributed by atoms with Crippen LogP contribution in [0.5, 0.6) is 0 Å². The first kappa shape index (κ1) is 40.5. The molecule has 4 N–H and O–H groups in total. The van der Waals surface area contributed by atoms with Gasteiger partial charge in [-0.15, -0.1) is 0 Å². The minimum Gasteiger partial charge on any atom is -0.453 e.